The monoisotopic (exact) mass is 326 g/mol. The average Bonchev–Trinajstić information content (AvgIpc) is 2.33. The molecule has 1 aromatic carbocycles. The Kier molecular flexibility index (Phi) is 4.21. The smallest absolute Gasteiger partial charge is 0.305 e. The van der Waals surface area contributed by atoms with Crippen LogP contribution in [0.25, 0.3) is 0 Å². The van der Waals surface area contributed by atoms with Crippen molar-refractivity contribution in [3.63, 3.8) is 0 Å². The van der Waals surface area contributed by atoms with E-state index in [1.165, 1.54) is 0 Å². The third kappa shape index (κ3) is 3.33. The number of benzene rings is 1. The van der Waals surface area contributed by atoms with E-state index in [2.05, 4.69) is 15.9 Å². The zero-order valence-electron chi connectivity index (χ0n) is 10.5. The van der Waals surface area contributed by atoms with E-state index in [4.69, 9.17) is 5.11 Å². The number of carboxylic acids is 1. The fourth-order valence-corrected chi connectivity index (χ4v) is 2.44. The molecule has 1 atom stereocenters. The van der Waals surface area contributed by atoms with Crippen molar-refractivity contribution in [2.24, 2.45) is 0 Å². The number of nitrogens with zero attached hydrogens (tertiary/aromatic N) is 2. The Bertz CT molecular complexity index is 489. The number of hydrogen-bond acceptors (Lipinski definition) is 3. The second kappa shape index (κ2) is 5.71. The number of aliphatic carboxylic acids is 1. The maximum absolute atomic E-state index is 12.0. The molecule has 1 aliphatic rings. The quantitative estimate of drug-likeness (QED) is 0.916. The van der Waals surface area contributed by atoms with Crippen LogP contribution in [-0.4, -0.2) is 48.1 Å². The van der Waals surface area contributed by atoms with Gasteiger partial charge >= 0.3 is 5.97 Å². The number of anilines is 1. The lowest BCUT2D eigenvalue weighted by Crippen LogP contribution is -2.55. The molecule has 19 heavy (non-hydrogen) atoms. The van der Waals surface area contributed by atoms with Gasteiger partial charge in [-0.2, -0.15) is 0 Å². The van der Waals surface area contributed by atoms with Crippen LogP contribution in [0.2, 0.25) is 0 Å². The van der Waals surface area contributed by atoms with Gasteiger partial charge in [-0.15, -0.1) is 0 Å². The number of carbonyl (C=O) groups is 2. The van der Waals surface area contributed by atoms with Gasteiger partial charge in [-0.25, -0.2) is 0 Å². The van der Waals surface area contributed by atoms with Gasteiger partial charge in [-0.3, -0.25) is 14.5 Å². The van der Waals surface area contributed by atoms with Gasteiger partial charge in [0.1, 0.15) is 0 Å². The number of piperazine rings is 1. The van der Waals surface area contributed by atoms with Crippen molar-refractivity contribution in [3.8, 4) is 0 Å². The molecule has 5 nitrogen and oxygen atoms in total. The summed E-state index contributed by atoms with van der Waals surface area (Å²) in [5, 5.41) is 8.91. The van der Waals surface area contributed by atoms with E-state index in [0.717, 1.165) is 10.2 Å². The summed E-state index contributed by atoms with van der Waals surface area (Å²) in [7, 11) is 1.78. The van der Waals surface area contributed by atoms with E-state index in [-0.39, 0.29) is 24.9 Å². The largest absolute Gasteiger partial charge is 0.481 e. The molecular formula is C13H15BrN2O3. The van der Waals surface area contributed by atoms with Gasteiger partial charge < -0.3 is 10.0 Å². The van der Waals surface area contributed by atoms with Crippen LogP contribution in [0, 0.1) is 0 Å². The van der Waals surface area contributed by atoms with Crippen molar-refractivity contribution in [1.29, 1.82) is 0 Å². The van der Waals surface area contributed by atoms with Gasteiger partial charge in [0.25, 0.3) is 0 Å². The number of carbonyl (C=O) groups excluding carboxylic acids is 1. The molecule has 2 rings (SSSR count). The van der Waals surface area contributed by atoms with Gasteiger partial charge in [0, 0.05) is 22.7 Å². The minimum atomic E-state index is -0.845. The third-order valence-electron chi connectivity index (χ3n) is 3.25. The van der Waals surface area contributed by atoms with Crippen LogP contribution >= 0.6 is 15.9 Å². The van der Waals surface area contributed by atoms with Crippen molar-refractivity contribution in [2.75, 3.05) is 25.0 Å². The zero-order valence-corrected chi connectivity index (χ0v) is 12.1. The predicted octanol–water partition coefficient (Wildman–Crippen LogP) is 1.57. The first-order valence-electron chi connectivity index (χ1n) is 5.95. The summed E-state index contributed by atoms with van der Waals surface area (Å²) in [6.07, 6.45) is 0.0385. The minimum Gasteiger partial charge on any atom is -0.481 e. The van der Waals surface area contributed by atoms with E-state index < -0.39 is 5.97 Å². The van der Waals surface area contributed by atoms with Crippen LogP contribution in [-0.2, 0) is 9.59 Å². The van der Waals surface area contributed by atoms with E-state index in [0.29, 0.717) is 6.54 Å². The first-order valence-corrected chi connectivity index (χ1v) is 6.74. The molecule has 0 saturated carbocycles. The highest BCUT2D eigenvalue weighted by atomic mass is 79.9. The Morgan fingerprint density at radius 2 is 2.05 bits per heavy atom. The number of hydrogen-bond donors (Lipinski definition) is 1. The van der Waals surface area contributed by atoms with Crippen LogP contribution in [0.15, 0.2) is 28.7 Å². The molecule has 1 heterocycles. The summed E-state index contributed by atoms with van der Waals surface area (Å²) in [6.45, 7) is 0.650. The molecule has 1 aromatic rings. The maximum atomic E-state index is 12.0. The van der Waals surface area contributed by atoms with Gasteiger partial charge in [0.05, 0.1) is 13.0 Å². The first-order chi connectivity index (χ1) is 8.97. The van der Waals surface area contributed by atoms with Gasteiger partial charge in [0.2, 0.25) is 5.91 Å². The third-order valence-corrected chi connectivity index (χ3v) is 3.78. The lowest BCUT2D eigenvalue weighted by atomic mass is 10.1. The van der Waals surface area contributed by atoms with Gasteiger partial charge in [0.15, 0.2) is 0 Å². The Morgan fingerprint density at radius 1 is 1.42 bits per heavy atom. The fourth-order valence-electron chi connectivity index (χ4n) is 2.17. The standard InChI is InChI=1S/C13H15BrN2O3/c1-15-8-12(17)16(7-11(15)6-13(18)19)10-4-2-9(14)3-5-10/h2-5,11H,6-8H2,1H3,(H,18,19). The summed E-state index contributed by atoms with van der Waals surface area (Å²) in [4.78, 5) is 26.3. The van der Waals surface area contributed by atoms with Crippen LogP contribution in [0.1, 0.15) is 6.42 Å². The number of rotatable bonds is 3. The molecule has 0 spiro atoms. The van der Waals surface area contributed by atoms with Crippen molar-refractivity contribution < 1.29 is 14.7 Å². The second-order valence-electron chi connectivity index (χ2n) is 4.65. The lowest BCUT2D eigenvalue weighted by Gasteiger charge is -2.38. The van der Waals surface area contributed by atoms with Crippen LogP contribution in [0.3, 0.4) is 0 Å². The van der Waals surface area contributed by atoms with Crippen molar-refractivity contribution in [1.82, 2.24) is 4.90 Å². The molecule has 1 N–H and O–H groups in total. The summed E-state index contributed by atoms with van der Waals surface area (Å²) < 4.78 is 0.944. The zero-order chi connectivity index (χ0) is 14.0. The van der Waals surface area contributed by atoms with Gasteiger partial charge in [-0.05, 0) is 31.3 Å². The first kappa shape index (κ1) is 14.0. The molecule has 1 saturated heterocycles. The van der Waals surface area contributed by atoms with Crippen molar-refractivity contribution >= 4 is 33.5 Å². The number of halogens is 1. The Morgan fingerprint density at radius 3 is 2.63 bits per heavy atom. The van der Waals surface area contributed by atoms with Gasteiger partial charge in [-0.1, -0.05) is 15.9 Å². The second-order valence-corrected chi connectivity index (χ2v) is 5.56. The van der Waals surface area contributed by atoms with Crippen molar-refractivity contribution in [3.05, 3.63) is 28.7 Å². The van der Waals surface area contributed by atoms with E-state index in [1.54, 1.807) is 16.8 Å². The summed E-state index contributed by atoms with van der Waals surface area (Å²) >= 11 is 3.35. The average molecular weight is 327 g/mol. The molecule has 1 aliphatic heterocycles. The van der Waals surface area contributed by atoms with E-state index in [9.17, 15) is 9.59 Å². The molecule has 6 heteroatoms. The van der Waals surface area contributed by atoms with Crippen LogP contribution in [0.4, 0.5) is 5.69 Å². The Hall–Kier alpha value is -1.40. The minimum absolute atomic E-state index is 0.00791. The number of carboxylic acid groups (broad SMARTS) is 1. The fraction of sp³-hybridized carbons (Fsp3) is 0.385. The van der Waals surface area contributed by atoms with Crippen LogP contribution in [0.5, 0.6) is 0 Å². The van der Waals surface area contributed by atoms with Crippen LogP contribution < -0.4 is 4.90 Å². The molecule has 0 aromatic heterocycles. The van der Waals surface area contributed by atoms with Crippen molar-refractivity contribution in [2.45, 2.75) is 12.5 Å². The molecule has 102 valence electrons. The topological polar surface area (TPSA) is 60.9 Å². The Labute approximate surface area is 119 Å². The summed E-state index contributed by atoms with van der Waals surface area (Å²) in [6, 6.07) is 7.29. The Balaban J connectivity index is 2.17. The summed E-state index contributed by atoms with van der Waals surface area (Å²) in [5.41, 5.74) is 0.802. The molecule has 1 amide bonds. The van der Waals surface area contributed by atoms with E-state index >= 15 is 0 Å². The molecule has 0 aliphatic carbocycles. The van der Waals surface area contributed by atoms with E-state index in [1.807, 2.05) is 24.3 Å². The SMILES string of the molecule is CN1CC(=O)N(c2ccc(Br)cc2)CC1CC(=O)O. The summed E-state index contributed by atoms with van der Waals surface area (Å²) in [5.74, 6) is -0.853. The molecular weight excluding hydrogens is 312 g/mol. The predicted molar refractivity (Wildman–Crippen MR) is 75.2 cm³/mol. The maximum Gasteiger partial charge on any atom is 0.305 e. The number of amides is 1. The highest BCUT2D eigenvalue weighted by Crippen LogP contribution is 2.22. The number of likely N-dealkylation sites (N-methyl/N-ethyl adjacent to an activating group) is 1. The normalized spacial score (nSPS) is 20.6. The highest BCUT2D eigenvalue weighted by Gasteiger charge is 2.31. The molecule has 0 radical (unpaired) electrons. The molecule has 1 fully saturated rings. The molecule has 1 unspecified atom stereocenters. The highest BCUT2D eigenvalue weighted by molar-refractivity contribution is 9.10. The lowest BCUT2D eigenvalue weighted by molar-refractivity contribution is -0.139. The molecule has 0 bridgehead atoms.